The third kappa shape index (κ3) is 1.60. The fraction of sp³-hybridized carbons (Fsp3) is 1.00. The number of aliphatic hydroxyl groups excluding tert-OH is 3. The molecule has 12 heavy (non-hydrogen) atoms. The molecule has 1 saturated heterocycles. The molecule has 72 valence electrons. The van der Waals surface area contributed by atoms with Gasteiger partial charge in [-0.1, -0.05) is 0 Å². The largest absolute Gasteiger partial charge is 0.388 e. The van der Waals surface area contributed by atoms with Gasteiger partial charge < -0.3 is 24.8 Å². The van der Waals surface area contributed by atoms with Crippen molar-refractivity contribution in [3.8, 4) is 0 Å². The average Bonchev–Trinajstić information content (AvgIpc) is 2.01. The van der Waals surface area contributed by atoms with E-state index in [2.05, 4.69) is 0 Å². The maximum absolute atomic E-state index is 9.36. The summed E-state index contributed by atoms with van der Waals surface area (Å²) < 4.78 is 9.64. The van der Waals surface area contributed by atoms with Gasteiger partial charge in [0.1, 0.15) is 18.3 Å². The summed E-state index contributed by atoms with van der Waals surface area (Å²) in [5.74, 6) is 0. The van der Waals surface area contributed by atoms with E-state index in [9.17, 15) is 15.3 Å². The molecule has 3 N–H and O–H groups in total. The first-order valence-electron chi connectivity index (χ1n) is 3.80. The van der Waals surface area contributed by atoms with Crippen molar-refractivity contribution in [2.24, 2.45) is 0 Å². The molecule has 1 fully saturated rings. The minimum atomic E-state index is -1.18. The number of aliphatic hydroxyl groups is 3. The molecule has 0 aromatic carbocycles. The van der Waals surface area contributed by atoms with Gasteiger partial charge in [-0.2, -0.15) is 0 Å². The highest BCUT2D eigenvalue weighted by atomic mass is 16.7. The topological polar surface area (TPSA) is 79.2 Å². The van der Waals surface area contributed by atoms with Gasteiger partial charge in [-0.15, -0.1) is 0 Å². The molecule has 0 saturated carbocycles. The molecule has 5 atom stereocenters. The standard InChI is InChI=1S/C7H14O5/c1-3-4(8)5(9)6(11-2)7(10)12-3/h3-10H,1-2H3/t3-,4+,5+,6-,7-/m1/s1. The second-order valence-corrected chi connectivity index (χ2v) is 2.91. The lowest BCUT2D eigenvalue weighted by atomic mass is 10.00. The monoisotopic (exact) mass is 178 g/mol. The van der Waals surface area contributed by atoms with Crippen LogP contribution >= 0.6 is 0 Å². The van der Waals surface area contributed by atoms with Crippen LogP contribution in [-0.4, -0.2) is 53.1 Å². The molecular weight excluding hydrogens is 164 g/mol. The number of hydrogen-bond donors (Lipinski definition) is 3. The predicted molar refractivity (Wildman–Crippen MR) is 39.4 cm³/mol. The smallest absolute Gasteiger partial charge is 0.184 e. The maximum Gasteiger partial charge on any atom is 0.184 e. The Bertz CT molecular complexity index is 151. The normalized spacial score (nSPS) is 49.2. The lowest BCUT2D eigenvalue weighted by molar-refractivity contribution is -0.283. The van der Waals surface area contributed by atoms with E-state index in [0.29, 0.717) is 0 Å². The van der Waals surface area contributed by atoms with Crippen molar-refractivity contribution in [2.75, 3.05) is 7.11 Å². The molecular formula is C7H14O5. The van der Waals surface area contributed by atoms with Gasteiger partial charge in [0.05, 0.1) is 6.10 Å². The molecule has 0 radical (unpaired) electrons. The Morgan fingerprint density at radius 1 is 1.17 bits per heavy atom. The van der Waals surface area contributed by atoms with Gasteiger partial charge >= 0.3 is 0 Å². The van der Waals surface area contributed by atoms with Crippen molar-refractivity contribution < 1.29 is 24.8 Å². The number of hydrogen-bond acceptors (Lipinski definition) is 5. The Balaban J connectivity index is 2.65. The highest BCUT2D eigenvalue weighted by molar-refractivity contribution is 4.87. The summed E-state index contributed by atoms with van der Waals surface area (Å²) in [6.45, 7) is 1.57. The molecule has 0 aliphatic carbocycles. The summed E-state index contributed by atoms with van der Waals surface area (Å²) in [7, 11) is 1.34. The van der Waals surface area contributed by atoms with Gasteiger partial charge in [-0.05, 0) is 6.92 Å². The first kappa shape index (κ1) is 9.88. The SMILES string of the molecule is CO[C@@H]1[C@@H](O)[C@@H](O)[C@@H](C)O[C@H]1O. The van der Waals surface area contributed by atoms with Crippen LogP contribution in [-0.2, 0) is 9.47 Å². The zero-order valence-corrected chi connectivity index (χ0v) is 7.04. The minimum Gasteiger partial charge on any atom is -0.388 e. The highest BCUT2D eigenvalue weighted by Crippen LogP contribution is 2.20. The third-order valence-electron chi connectivity index (χ3n) is 2.07. The van der Waals surface area contributed by atoms with Crippen LogP contribution in [0.15, 0.2) is 0 Å². The van der Waals surface area contributed by atoms with Crippen molar-refractivity contribution in [3.63, 3.8) is 0 Å². The molecule has 5 heteroatoms. The fourth-order valence-electron chi connectivity index (χ4n) is 1.27. The molecule has 1 rings (SSSR count). The Morgan fingerprint density at radius 3 is 2.25 bits per heavy atom. The molecule has 5 nitrogen and oxygen atoms in total. The van der Waals surface area contributed by atoms with Gasteiger partial charge in [0, 0.05) is 7.11 Å². The second kappa shape index (κ2) is 3.68. The first-order chi connectivity index (χ1) is 5.57. The van der Waals surface area contributed by atoms with E-state index in [4.69, 9.17) is 9.47 Å². The summed E-state index contributed by atoms with van der Waals surface area (Å²) in [6, 6.07) is 0. The summed E-state index contributed by atoms with van der Waals surface area (Å²) in [6.07, 6.45) is -4.76. The van der Waals surface area contributed by atoms with Crippen LogP contribution in [0.5, 0.6) is 0 Å². The van der Waals surface area contributed by atoms with Gasteiger partial charge in [-0.25, -0.2) is 0 Å². The van der Waals surface area contributed by atoms with Crippen molar-refractivity contribution >= 4 is 0 Å². The van der Waals surface area contributed by atoms with Crippen molar-refractivity contribution in [3.05, 3.63) is 0 Å². The Morgan fingerprint density at radius 2 is 1.75 bits per heavy atom. The van der Waals surface area contributed by atoms with E-state index < -0.39 is 30.7 Å². The minimum absolute atomic E-state index is 0.582. The summed E-state index contributed by atoms with van der Waals surface area (Å²) >= 11 is 0. The Hall–Kier alpha value is -0.200. The van der Waals surface area contributed by atoms with Crippen LogP contribution in [0.1, 0.15) is 6.92 Å². The summed E-state index contributed by atoms with van der Waals surface area (Å²) in [5, 5.41) is 27.9. The average molecular weight is 178 g/mol. The van der Waals surface area contributed by atoms with E-state index in [-0.39, 0.29) is 0 Å². The maximum atomic E-state index is 9.36. The predicted octanol–water partition coefficient (Wildman–Crippen LogP) is -1.54. The molecule has 0 aromatic heterocycles. The van der Waals surface area contributed by atoms with Gasteiger partial charge in [-0.3, -0.25) is 0 Å². The number of methoxy groups -OCH3 is 1. The zero-order valence-electron chi connectivity index (χ0n) is 7.04. The molecule has 1 heterocycles. The Labute approximate surface area is 70.5 Å². The van der Waals surface area contributed by atoms with Crippen LogP contribution in [0.4, 0.5) is 0 Å². The molecule has 0 unspecified atom stereocenters. The van der Waals surface area contributed by atoms with Crippen LogP contribution < -0.4 is 0 Å². The van der Waals surface area contributed by atoms with Crippen LogP contribution in [0.3, 0.4) is 0 Å². The van der Waals surface area contributed by atoms with Crippen molar-refractivity contribution in [1.29, 1.82) is 0 Å². The summed E-state index contributed by atoms with van der Waals surface area (Å²) in [4.78, 5) is 0. The molecule has 1 aliphatic heterocycles. The van der Waals surface area contributed by atoms with E-state index in [0.717, 1.165) is 0 Å². The van der Waals surface area contributed by atoms with Crippen molar-refractivity contribution in [2.45, 2.75) is 37.6 Å². The molecule has 1 aliphatic rings. The van der Waals surface area contributed by atoms with Gasteiger partial charge in [0.25, 0.3) is 0 Å². The fourth-order valence-corrected chi connectivity index (χ4v) is 1.27. The highest BCUT2D eigenvalue weighted by Gasteiger charge is 2.41. The number of rotatable bonds is 1. The second-order valence-electron chi connectivity index (χ2n) is 2.91. The first-order valence-corrected chi connectivity index (χ1v) is 3.80. The third-order valence-corrected chi connectivity index (χ3v) is 2.07. The quantitative estimate of drug-likeness (QED) is 0.453. The molecule has 0 aromatic rings. The van der Waals surface area contributed by atoms with Crippen LogP contribution in [0.2, 0.25) is 0 Å². The zero-order chi connectivity index (χ0) is 9.30. The lowest BCUT2D eigenvalue weighted by Crippen LogP contribution is -2.57. The van der Waals surface area contributed by atoms with E-state index in [1.807, 2.05) is 0 Å². The summed E-state index contributed by atoms with van der Waals surface area (Å²) in [5.41, 5.74) is 0. The molecule has 0 bridgehead atoms. The lowest BCUT2D eigenvalue weighted by Gasteiger charge is -2.38. The van der Waals surface area contributed by atoms with Crippen LogP contribution in [0, 0.1) is 0 Å². The van der Waals surface area contributed by atoms with E-state index in [1.165, 1.54) is 7.11 Å². The van der Waals surface area contributed by atoms with Gasteiger partial charge in [0.15, 0.2) is 6.29 Å². The number of ether oxygens (including phenoxy) is 2. The molecule has 0 amide bonds. The Kier molecular flexibility index (Phi) is 3.03. The molecule has 0 spiro atoms. The van der Waals surface area contributed by atoms with Crippen LogP contribution in [0.25, 0.3) is 0 Å². The van der Waals surface area contributed by atoms with Crippen molar-refractivity contribution in [1.82, 2.24) is 0 Å². The van der Waals surface area contributed by atoms with E-state index in [1.54, 1.807) is 6.92 Å². The van der Waals surface area contributed by atoms with E-state index >= 15 is 0 Å². The van der Waals surface area contributed by atoms with Gasteiger partial charge in [0.2, 0.25) is 0 Å².